The number of nitrogens with zero attached hydrogens (tertiary/aromatic N) is 3. The predicted molar refractivity (Wildman–Crippen MR) is 74.3 cm³/mol. The van der Waals surface area contributed by atoms with Crippen molar-refractivity contribution in [3.05, 3.63) is 22.5 Å². The van der Waals surface area contributed by atoms with Gasteiger partial charge in [-0.3, -0.25) is 14.8 Å². The molecule has 1 fully saturated rings. The summed E-state index contributed by atoms with van der Waals surface area (Å²) in [5, 5.41) is 27.7. The van der Waals surface area contributed by atoms with Crippen LogP contribution in [-0.4, -0.2) is 38.5 Å². The Morgan fingerprint density at radius 3 is 3.00 bits per heavy atom. The molecule has 1 heterocycles. The van der Waals surface area contributed by atoms with Crippen LogP contribution in [0.5, 0.6) is 0 Å². The summed E-state index contributed by atoms with van der Waals surface area (Å²) >= 11 is 0. The third-order valence-corrected chi connectivity index (χ3v) is 3.84. The fraction of sp³-hybridized carbons (Fsp3) is 0.769. The van der Waals surface area contributed by atoms with Crippen LogP contribution >= 0.6 is 0 Å². The maximum atomic E-state index is 10.5. The van der Waals surface area contributed by atoms with E-state index in [0.29, 0.717) is 18.0 Å². The summed E-state index contributed by atoms with van der Waals surface area (Å²) in [5.41, 5.74) is 0.327. The van der Waals surface area contributed by atoms with Crippen molar-refractivity contribution in [3.8, 4) is 0 Å². The number of rotatable bonds is 6. The number of nitrogens with one attached hydrogen (secondary N) is 1. The predicted octanol–water partition coefficient (Wildman–Crippen LogP) is 1.32. The third kappa shape index (κ3) is 4.01. The van der Waals surface area contributed by atoms with Crippen LogP contribution in [0.4, 0.5) is 5.69 Å². The first-order chi connectivity index (χ1) is 9.35. The molecule has 2 atom stereocenters. The van der Waals surface area contributed by atoms with Crippen molar-refractivity contribution in [2.75, 3.05) is 6.54 Å². The summed E-state index contributed by atoms with van der Waals surface area (Å²) in [6.45, 7) is 5.26. The highest BCUT2D eigenvalue weighted by molar-refractivity contribution is 5.20. The van der Waals surface area contributed by atoms with Crippen molar-refractivity contribution in [1.29, 1.82) is 0 Å². The standard InChI is InChI=1S/C13H22N4O3/c1-13(2)4-3-10(5-13)14-7-12(18)9-16-8-11(6-15-16)17(19)20/h6,8,10,12,14,18H,3-5,7,9H2,1-2H3. The van der Waals surface area contributed by atoms with Crippen LogP contribution < -0.4 is 5.32 Å². The molecule has 2 N–H and O–H groups in total. The van der Waals surface area contributed by atoms with Crippen molar-refractivity contribution in [3.63, 3.8) is 0 Å². The summed E-state index contributed by atoms with van der Waals surface area (Å²) in [6.07, 6.45) is 5.38. The van der Waals surface area contributed by atoms with Gasteiger partial charge in [0, 0.05) is 12.6 Å². The van der Waals surface area contributed by atoms with E-state index in [-0.39, 0.29) is 12.2 Å². The van der Waals surface area contributed by atoms with E-state index < -0.39 is 11.0 Å². The van der Waals surface area contributed by atoms with E-state index in [9.17, 15) is 15.2 Å². The summed E-state index contributed by atoms with van der Waals surface area (Å²) < 4.78 is 1.41. The van der Waals surface area contributed by atoms with Crippen LogP contribution in [0.25, 0.3) is 0 Å². The molecule has 1 aromatic rings. The van der Waals surface area contributed by atoms with Crippen molar-refractivity contribution < 1.29 is 10.0 Å². The summed E-state index contributed by atoms with van der Waals surface area (Å²) in [7, 11) is 0. The molecule has 1 saturated carbocycles. The number of aliphatic hydroxyl groups excluding tert-OH is 1. The Morgan fingerprint density at radius 2 is 2.45 bits per heavy atom. The van der Waals surface area contributed by atoms with Gasteiger partial charge in [0.2, 0.25) is 0 Å². The zero-order chi connectivity index (χ0) is 14.8. The van der Waals surface area contributed by atoms with E-state index in [1.54, 1.807) is 0 Å². The fourth-order valence-electron chi connectivity index (χ4n) is 2.74. The van der Waals surface area contributed by atoms with Gasteiger partial charge in [-0.2, -0.15) is 5.10 Å². The Labute approximate surface area is 118 Å². The van der Waals surface area contributed by atoms with Crippen molar-refractivity contribution in [2.24, 2.45) is 5.41 Å². The van der Waals surface area contributed by atoms with Gasteiger partial charge in [0.15, 0.2) is 0 Å². The zero-order valence-corrected chi connectivity index (χ0v) is 12.0. The van der Waals surface area contributed by atoms with Gasteiger partial charge >= 0.3 is 5.69 Å². The summed E-state index contributed by atoms with van der Waals surface area (Å²) in [6, 6.07) is 0.451. The van der Waals surface area contributed by atoms with Gasteiger partial charge < -0.3 is 10.4 Å². The molecule has 20 heavy (non-hydrogen) atoms. The first-order valence-electron chi connectivity index (χ1n) is 6.94. The number of hydrogen-bond donors (Lipinski definition) is 2. The molecular weight excluding hydrogens is 260 g/mol. The molecule has 112 valence electrons. The van der Waals surface area contributed by atoms with E-state index in [4.69, 9.17) is 0 Å². The van der Waals surface area contributed by atoms with Gasteiger partial charge in [0.1, 0.15) is 12.4 Å². The Bertz CT molecular complexity index is 472. The molecule has 2 rings (SSSR count). The van der Waals surface area contributed by atoms with Gasteiger partial charge in [0.05, 0.1) is 17.6 Å². The van der Waals surface area contributed by atoms with Crippen LogP contribution in [0.1, 0.15) is 33.1 Å². The maximum Gasteiger partial charge on any atom is 0.306 e. The largest absolute Gasteiger partial charge is 0.390 e. The van der Waals surface area contributed by atoms with E-state index in [0.717, 1.165) is 12.8 Å². The van der Waals surface area contributed by atoms with Crippen LogP contribution in [0, 0.1) is 15.5 Å². The van der Waals surface area contributed by atoms with E-state index in [2.05, 4.69) is 24.3 Å². The van der Waals surface area contributed by atoms with Crippen molar-refractivity contribution >= 4 is 5.69 Å². The SMILES string of the molecule is CC1(C)CCC(NCC(O)Cn2cc([N+](=O)[O-])cn2)C1. The summed E-state index contributed by atoms with van der Waals surface area (Å²) in [4.78, 5) is 10.0. The molecule has 1 aliphatic carbocycles. The molecule has 0 bridgehead atoms. The molecule has 7 heteroatoms. The van der Waals surface area contributed by atoms with Crippen molar-refractivity contribution in [2.45, 2.75) is 51.8 Å². The lowest BCUT2D eigenvalue weighted by Crippen LogP contribution is -2.36. The Morgan fingerprint density at radius 1 is 1.70 bits per heavy atom. The smallest absolute Gasteiger partial charge is 0.306 e. The summed E-state index contributed by atoms with van der Waals surface area (Å²) in [5.74, 6) is 0. The lowest BCUT2D eigenvalue weighted by molar-refractivity contribution is -0.385. The van der Waals surface area contributed by atoms with Gasteiger partial charge in [-0.25, -0.2) is 0 Å². The minimum atomic E-state index is -0.599. The molecule has 0 aromatic carbocycles. The normalized spacial score (nSPS) is 22.9. The van der Waals surface area contributed by atoms with Gasteiger partial charge in [0.25, 0.3) is 0 Å². The van der Waals surface area contributed by atoms with Crippen LogP contribution in [0.2, 0.25) is 0 Å². The van der Waals surface area contributed by atoms with E-state index in [1.807, 2.05) is 0 Å². The zero-order valence-electron chi connectivity index (χ0n) is 12.0. The molecule has 0 saturated heterocycles. The molecule has 0 aliphatic heterocycles. The molecule has 0 radical (unpaired) electrons. The quantitative estimate of drug-likeness (QED) is 0.606. The monoisotopic (exact) mass is 282 g/mol. The van der Waals surface area contributed by atoms with Gasteiger partial charge in [-0.05, 0) is 24.7 Å². The fourth-order valence-corrected chi connectivity index (χ4v) is 2.74. The Balaban J connectivity index is 1.75. The molecule has 0 amide bonds. The van der Waals surface area contributed by atoms with Gasteiger partial charge in [-0.1, -0.05) is 13.8 Å². The molecule has 1 aliphatic rings. The number of hydrogen-bond acceptors (Lipinski definition) is 5. The second-order valence-electron chi connectivity index (χ2n) is 6.34. The van der Waals surface area contributed by atoms with Crippen LogP contribution in [0.15, 0.2) is 12.4 Å². The molecule has 7 nitrogen and oxygen atoms in total. The Kier molecular flexibility index (Phi) is 4.39. The molecule has 0 spiro atoms. The first kappa shape index (κ1) is 14.9. The van der Waals surface area contributed by atoms with Crippen LogP contribution in [0.3, 0.4) is 0 Å². The topological polar surface area (TPSA) is 93.2 Å². The lowest BCUT2D eigenvalue weighted by Gasteiger charge is -2.19. The van der Waals surface area contributed by atoms with E-state index in [1.165, 1.54) is 23.5 Å². The number of aliphatic hydroxyl groups is 1. The molecule has 2 unspecified atom stereocenters. The highest BCUT2D eigenvalue weighted by Crippen LogP contribution is 2.36. The molecular formula is C13H22N4O3. The second-order valence-corrected chi connectivity index (χ2v) is 6.34. The number of nitro groups is 1. The third-order valence-electron chi connectivity index (χ3n) is 3.84. The number of aromatic nitrogens is 2. The van der Waals surface area contributed by atoms with Crippen molar-refractivity contribution in [1.82, 2.24) is 15.1 Å². The average molecular weight is 282 g/mol. The molecule has 1 aromatic heterocycles. The average Bonchev–Trinajstić information content (AvgIpc) is 2.93. The second kappa shape index (κ2) is 5.88. The Hall–Kier alpha value is -1.47. The minimum Gasteiger partial charge on any atom is -0.390 e. The first-order valence-corrected chi connectivity index (χ1v) is 6.94. The maximum absolute atomic E-state index is 10.5. The van der Waals surface area contributed by atoms with Gasteiger partial charge in [-0.15, -0.1) is 0 Å². The van der Waals surface area contributed by atoms with Crippen LogP contribution in [-0.2, 0) is 6.54 Å². The lowest BCUT2D eigenvalue weighted by atomic mass is 9.92. The van der Waals surface area contributed by atoms with E-state index >= 15 is 0 Å². The minimum absolute atomic E-state index is 0.0531. The highest BCUT2D eigenvalue weighted by atomic mass is 16.6. The highest BCUT2D eigenvalue weighted by Gasteiger charge is 2.30.